The van der Waals surface area contributed by atoms with E-state index in [-0.39, 0.29) is 22.9 Å². The number of nitrogens with zero attached hydrogens (tertiary/aromatic N) is 4. The van der Waals surface area contributed by atoms with E-state index in [4.69, 9.17) is 4.52 Å². The van der Waals surface area contributed by atoms with E-state index in [1.165, 1.54) is 31.4 Å². The van der Waals surface area contributed by atoms with Crippen molar-refractivity contribution in [1.82, 2.24) is 30.5 Å². The number of aromatic nitrogens is 3. The normalized spacial score (nSPS) is 20.8. The Morgan fingerprint density at radius 2 is 1.92 bits per heavy atom. The van der Waals surface area contributed by atoms with E-state index >= 15 is 0 Å². The number of nitrogens with one attached hydrogen (secondary N) is 2. The summed E-state index contributed by atoms with van der Waals surface area (Å²) < 4.78 is 34.3. The maximum absolute atomic E-state index is 14.2. The predicted octanol–water partition coefficient (Wildman–Crippen LogP) is 3.42. The molecule has 1 saturated heterocycles. The minimum Gasteiger partial charge on any atom is -0.355 e. The van der Waals surface area contributed by atoms with Gasteiger partial charge in [-0.25, -0.2) is 8.78 Å². The van der Waals surface area contributed by atoms with Crippen LogP contribution >= 0.6 is 0 Å². The second-order valence-corrected chi connectivity index (χ2v) is 10.2. The van der Waals surface area contributed by atoms with Gasteiger partial charge in [-0.15, -0.1) is 0 Å². The average Bonchev–Trinajstić information content (AvgIpc) is 3.57. The van der Waals surface area contributed by atoms with E-state index in [0.29, 0.717) is 25.6 Å². The Kier molecular flexibility index (Phi) is 7.82. The number of carbonyl (C=O) groups excluding carboxylic acids is 2. The Labute approximate surface area is 219 Å². The molecule has 2 N–H and O–H groups in total. The quantitative estimate of drug-likeness (QED) is 0.489. The summed E-state index contributed by atoms with van der Waals surface area (Å²) in [6, 6.07) is 6.29. The van der Waals surface area contributed by atoms with Gasteiger partial charge in [0.1, 0.15) is 11.6 Å². The van der Waals surface area contributed by atoms with Crippen molar-refractivity contribution in [2.75, 3.05) is 13.1 Å². The lowest BCUT2D eigenvalue weighted by Gasteiger charge is -2.43. The van der Waals surface area contributed by atoms with E-state index in [2.05, 4.69) is 25.8 Å². The van der Waals surface area contributed by atoms with Gasteiger partial charge in [0, 0.05) is 50.6 Å². The number of halogens is 2. The van der Waals surface area contributed by atoms with Crippen LogP contribution in [-0.4, -0.2) is 56.8 Å². The first-order chi connectivity index (χ1) is 18.4. The number of benzene rings is 1. The van der Waals surface area contributed by atoms with Crippen LogP contribution in [0.3, 0.4) is 0 Å². The summed E-state index contributed by atoms with van der Waals surface area (Å²) in [5, 5.41) is 14.0. The molecule has 3 aromatic rings. The van der Waals surface area contributed by atoms with Gasteiger partial charge in [0.15, 0.2) is 11.5 Å². The number of likely N-dealkylation sites (tertiary alicyclic amines) is 1. The summed E-state index contributed by atoms with van der Waals surface area (Å²) in [6.45, 7) is 1.63. The Morgan fingerprint density at radius 3 is 2.66 bits per heavy atom. The van der Waals surface area contributed by atoms with Crippen LogP contribution in [0.4, 0.5) is 8.78 Å². The van der Waals surface area contributed by atoms with Crippen LogP contribution in [0.25, 0.3) is 11.3 Å². The Balaban J connectivity index is 1.28. The van der Waals surface area contributed by atoms with Gasteiger partial charge in [0.2, 0.25) is 5.91 Å². The first-order valence-corrected chi connectivity index (χ1v) is 13.1. The third-order valence-electron chi connectivity index (χ3n) is 7.54. The van der Waals surface area contributed by atoms with Crippen LogP contribution in [0.5, 0.6) is 0 Å². The molecule has 2 atom stereocenters. The number of amides is 2. The predicted molar refractivity (Wildman–Crippen MR) is 135 cm³/mol. The smallest absolute Gasteiger partial charge is 0.273 e. The van der Waals surface area contributed by atoms with E-state index < -0.39 is 29.5 Å². The number of rotatable bonds is 7. The zero-order valence-corrected chi connectivity index (χ0v) is 21.3. The van der Waals surface area contributed by atoms with Crippen molar-refractivity contribution in [2.45, 2.75) is 57.2 Å². The first kappa shape index (κ1) is 26.0. The Morgan fingerprint density at radius 1 is 1.11 bits per heavy atom. The van der Waals surface area contributed by atoms with Crippen LogP contribution < -0.4 is 10.6 Å². The summed E-state index contributed by atoms with van der Waals surface area (Å²) in [5.41, 5.74) is 0.723. The molecule has 2 aromatic heterocycles. The van der Waals surface area contributed by atoms with Gasteiger partial charge in [-0.2, -0.15) is 5.10 Å². The van der Waals surface area contributed by atoms with Crippen LogP contribution in [0.15, 0.2) is 41.1 Å². The second kappa shape index (κ2) is 11.4. The molecule has 202 valence electrons. The molecule has 5 rings (SSSR count). The standard InChI is InChI=1S/C27H32F2N6O3/c1-34-11-9-18(32-34)15-30-26(36)21-16-35(19-5-3-2-4-6-19)12-10-23(21)31-27(37)24-14-25(38-33-24)20-8-7-17(28)13-22(20)29/h7-9,11,13-14,19,21,23H,2-6,10,12,15-16H2,1H3,(H,30,36)(H,31,37)/t21-,23-/m1/s1. The third-order valence-corrected chi connectivity index (χ3v) is 7.54. The fourth-order valence-corrected chi connectivity index (χ4v) is 5.50. The van der Waals surface area contributed by atoms with Crippen LogP contribution in [0.1, 0.15) is 54.7 Å². The highest BCUT2D eigenvalue weighted by molar-refractivity contribution is 5.94. The molecule has 1 aromatic carbocycles. The second-order valence-electron chi connectivity index (χ2n) is 10.2. The Hall–Kier alpha value is -3.60. The number of hydrogen-bond acceptors (Lipinski definition) is 6. The highest BCUT2D eigenvalue weighted by Crippen LogP contribution is 2.28. The molecular weight excluding hydrogens is 494 g/mol. The van der Waals surface area contributed by atoms with Crippen molar-refractivity contribution >= 4 is 11.8 Å². The van der Waals surface area contributed by atoms with Crippen LogP contribution in [0.2, 0.25) is 0 Å². The summed E-state index contributed by atoms with van der Waals surface area (Å²) in [4.78, 5) is 28.8. The average molecular weight is 527 g/mol. The molecule has 2 aliphatic rings. The summed E-state index contributed by atoms with van der Waals surface area (Å²) >= 11 is 0. The molecule has 0 radical (unpaired) electrons. The summed E-state index contributed by atoms with van der Waals surface area (Å²) in [7, 11) is 1.82. The van der Waals surface area contributed by atoms with Gasteiger partial charge in [-0.1, -0.05) is 24.4 Å². The van der Waals surface area contributed by atoms with Gasteiger partial charge in [0.05, 0.1) is 23.7 Å². The molecule has 3 heterocycles. The minimum atomic E-state index is -0.812. The maximum Gasteiger partial charge on any atom is 0.273 e. The molecule has 1 aliphatic heterocycles. The first-order valence-electron chi connectivity index (χ1n) is 13.1. The highest BCUT2D eigenvalue weighted by Gasteiger charge is 2.38. The lowest BCUT2D eigenvalue weighted by molar-refractivity contribution is -0.128. The Bertz CT molecular complexity index is 1290. The fourth-order valence-electron chi connectivity index (χ4n) is 5.50. The van der Waals surface area contributed by atoms with Gasteiger partial charge >= 0.3 is 0 Å². The molecule has 0 spiro atoms. The molecule has 0 bridgehead atoms. The summed E-state index contributed by atoms with van der Waals surface area (Å²) in [6.07, 6.45) is 8.32. The van der Waals surface area contributed by atoms with Crippen molar-refractivity contribution in [2.24, 2.45) is 13.0 Å². The number of hydrogen-bond donors (Lipinski definition) is 2. The zero-order valence-electron chi connectivity index (χ0n) is 21.3. The summed E-state index contributed by atoms with van der Waals surface area (Å²) in [5.74, 6) is -2.62. The molecule has 1 aliphatic carbocycles. The highest BCUT2D eigenvalue weighted by atomic mass is 19.1. The molecule has 2 amide bonds. The SMILES string of the molecule is Cn1ccc(CNC(=O)[C@@H]2CN(C3CCCCC3)CC[C@H]2NC(=O)c2cc(-c3ccc(F)cc3F)on2)n1. The lowest BCUT2D eigenvalue weighted by Crippen LogP contribution is -2.57. The third kappa shape index (κ3) is 5.93. The molecule has 0 unspecified atom stereocenters. The molecule has 1 saturated carbocycles. The van der Waals surface area contributed by atoms with E-state index in [9.17, 15) is 18.4 Å². The minimum absolute atomic E-state index is 0.00511. The number of aryl methyl sites for hydroxylation is 1. The molecule has 2 fully saturated rings. The van der Waals surface area contributed by atoms with E-state index in [0.717, 1.165) is 37.2 Å². The molecule has 11 heteroatoms. The van der Waals surface area contributed by atoms with Crippen molar-refractivity contribution in [3.63, 3.8) is 0 Å². The lowest BCUT2D eigenvalue weighted by atomic mass is 9.87. The maximum atomic E-state index is 14.2. The van der Waals surface area contributed by atoms with Crippen molar-refractivity contribution in [1.29, 1.82) is 0 Å². The number of piperidine rings is 1. The van der Waals surface area contributed by atoms with Crippen LogP contribution in [0, 0.1) is 17.6 Å². The number of carbonyl (C=O) groups is 2. The van der Waals surface area contributed by atoms with Crippen molar-refractivity contribution in [3.05, 3.63) is 59.6 Å². The topological polar surface area (TPSA) is 105 Å². The zero-order chi connectivity index (χ0) is 26.6. The molecule has 9 nitrogen and oxygen atoms in total. The van der Waals surface area contributed by atoms with Gasteiger partial charge in [-0.05, 0) is 37.5 Å². The van der Waals surface area contributed by atoms with Gasteiger partial charge in [0.25, 0.3) is 5.91 Å². The van der Waals surface area contributed by atoms with E-state index in [1.54, 1.807) is 4.68 Å². The monoisotopic (exact) mass is 526 g/mol. The fraction of sp³-hybridized carbons (Fsp3) is 0.481. The van der Waals surface area contributed by atoms with Crippen molar-refractivity contribution < 1.29 is 22.9 Å². The largest absolute Gasteiger partial charge is 0.355 e. The van der Waals surface area contributed by atoms with Crippen LogP contribution in [-0.2, 0) is 18.4 Å². The molecular formula is C27H32F2N6O3. The molecule has 38 heavy (non-hydrogen) atoms. The van der Waals surface area contributed by atoms with Crippen molar-refractivity contribution in [3.8, 4) is 11.3 Å². The van der Waals surface area contributed by atoms with E-state index in [1.807, 2.05) is 19.3 Å². The van der Waals surface area contributed by atoms with Gasteiger partial charge < -0.3 is 15.2 Å². The van der Waals surface area contributed by atoms with Gasteiger partial charge in [-0.3, -0.25) is 19.2 Å².